The molecule has 8 heteroatoms. The van der Waals surface area contributed by atoms with E-state index >= 15 is 0 Å². The van der Waals surface area contributed by atoms with E-state index in [9.17, 15) is 8.78 Å². The molecule has 33 heavy (non-hydrogen) atoms. The summed E-state index contributed by atoms with van der Waals surface area (Å²) in [4.78, 5) is 11.6. The Morgan fingerprint density at radius 3 is 2.33 bits per heavy atom. The van der Waals surface area contributed by atoms with Crippen molar-refractivity contribution >= 4 is 28.9 Å². The van der Waals surface area contributed by atoms with Crippen LogP contribution in [0.2, 0.25) is 0 Å². The molecule has 1 heterocycles. The fraction of sp³-hybridized carbons (Fsp3) is 0.360. The molecule has 3 aromatic rings. The smallest absolute Gasteiger partial charge is 0.162 e. The SMILES string of the molecule is CCN(CC)CCCNc1nc(/C=C/c2ccc(F)c(F)c2)nc2cc(OC)c(OC)cc12. The Bertz CT molecular complexity index is 1120. The standard InChI is InChI=1S/C25H30F2N4O2/c1-5-31(6-2)13-7-12-28-25-18-15-22(32-3)23(33-4)16-21(18)29-24(30-25)11-9-17-8-10-19(26)20(27)14-17/h8-11,14-16H,5-7,12-13H2,1-4H3,(H,28,29,30)/b11-9+. The Balaban J connectivity index is 1.93. The highest BCUT2D eigenvalue weighted by Gasteiger charge is 2.13. The Labute approximate surface area is 193 Å². The van der Waals surface area contributed by atoms with Gasteiger partial charge in [0.05, 0.1) is 19.7 Å². The normalized spacial score (nSPS) is 11.5. The van der Waals surface area contributed by atoms with Gasteiger partial charge < -0.3 is 19.7 Å². The summed E-state index contributed by atoms with van der Waals surface area (Å²) >= 11 is 0. The monoisotopic (exact) mass is 456 g/mol. The minimum Gasteiger partial charge on any atom is -0.493 e. The summed E-state index contributed by atoms with van der Waals surface area (Å²) in [5.74, 6) is 0.475. The van der Waals surface area contributed by atoms with Crippen molar-refractivity contribution in [2.45, 2.75) is 20.3 Å². The number of hydrogen-bond acceptors (Lipinski definition) is 6. The van der Waals surface area contributed by atoms with Crippen molar-refractivity contribution in [2.24, 2.45) is 0 Å². The lowest BCUT2D eigenvalue weighted by molar-refractivity contribution is 0.303. The lowest BCUT2D eigenvalue weighted by Gasteiger charge is -2.18. The van der Waals surface area contributed by atoms with E-state index in [2.05, 4.69) is 34.0 Å². The van der Waals surface area contributed by atoms with Gasteiger partial charge >= 0.3 is 0 Å². The molecule has 0 aliphatic heterocycles. The maximum atomic E-state index is 13.5. The molecule has 0 fully saturated rings. The van der Waals surface area contributed by atoms with E-state index in [0.29, 0.717) is 34.2 Å². The van der Waals surface area contributed by atoms with Gasteiger partial charge in [-0.05, 0) is 55.9 Å². The van der Waals surface area contributed by atoms with Crippen molar-refractivity contribution in [3.05, 3.63) is 53.4 Å². The predicted molar refractivity (Wildman–Crippen MR) is 129 cm³/mol. The minimum atomic E-state index is -0.899. The fourth-order valence-corrected chi connectivity index (χ4v) is 3.52. The predicted octanol–water partition coefficient (Wildman–Crippen LogP) is 5.24. The number of methoxy groups -OCH3 is 2. The van der Waals surface area contributed by atoms with Gasteiger partial charge in [-0.25, -0.2) is 18.7 Å². The second-order valence-corrected chi connectivity index (χ2v) is 7.47. The first-order valence-electron chi connectivity index (χ1n) is 11.0. The van der Waals surface area contributed by atoms with E-state index in [1.165, 1.54) is 6.07 Å². The number of benzene rings is 2. The molecule has 2 aromatic carbocycles. The first-order chi connectivity index (χ1) is 16.0. The maximum Gasteiger partial charge on any atom is 0.162 e. The number of ether oxygens (including phenoxy) is 2. The van der Waals surface area contributed by atoms with Crippen LogP contribution in [-0.2, 0) is 0 Å². The van der Waals surface area contributed by atoms with Crippen LogP contribution in [0, 0.1) is 11.6 Å². The molecule has 176 valence electrons. The molecule has 0 aliphatic rings. The molecular weight excluding hydrogens is 426 g/mol. The van der Waals surface area contributed by atoms with Crippen LogP contribution in [0.15, 0.2) is 30.3 Å². The summed E-state index contributed by atoms with van der Waals surface area (Å²) in [6, 6.07) is 7.37. The fourth-order valence-electron chi connectivity index (χ4n) is 3.52. The van der Waals surface area contributed by atoms with Crippen molar-refractivity contribution in [1.82, 2.24) is 14.9 Å². The molecule has 0 saturated carbocycles. The van der Waals surface area contributed by atoms with Gasteiger partial charge in [-0.1, -0.05) is 26.0 Å². The van der Waals surface area contributed by atoms with Crippen LogP contribution in [0.4, 0.5) is 14.6 Å². The number of halogens is 2. The van der Waals surface area contributed by atoms with E-state index in [-0.39, 0.29) is 0 Å². The van der Waals surface area contributed by atoms with Crippen LogP contribution in [0.3, 0.4) is 0 Å². The molecule has 3 rings (SSSR count). The molecule has 1 aromatic heterocycles. The number of hydrogen-bond donors (Lipinski definition) is 1. The van der Waals surface area contributed by atoms with Crippen molar-refractivity contribution < 1.29 is 18.3 Å². The van der Waals surface area contributed by atoms with Crippen LogP contribution >= 0.6 is 0 Å². The summed E-state index contributed by atoms with van der Waals surface area (Å²) in [5.41, 5.74) is 1.19. The van der Waals surface area contributed by atoms with Crippen LogP contribution in [0.1, 0.15) is 31.7 Å². The first-order valence-corrected chi connectivity index (χ1v) is 11.0. The molecule has 6 nitrogen and oxygen atoms in total. The summed E-state index contributed by atoms with van der Waals surface area (Å²) in [7, 11) is 3.15. The molecule has 0 aliphatic carbocycles. The Kier molecular flexibility index (Phi) is 8.54. The van der Waals surface area contributed by atoms with Crippen molar-refractivity contribution in [3.8, 4) is 11.5 Å². The van der Waals surface area contributed by atoms with Gasteiger partial charge in [0.25, 0.3) is 0 Å². The maximum absolute atomic E-state index is 13.5. The van der Waals surface area contributed by atoms with Gasteiger partial charge in [0.2, 0.25) is 0 Å². The topological polar surface area (TPSA) is 59.5 Å². The molecule has 0 radical (unpaired) electrons. The van der Waals surface area contributed by atoms with Gasteiger partial charge in [-0.3, -0.25) is 0 Å². The second kappa shape index (κ2) is 11.6. The molecular formula is C25H30F2N4O2. The molecule has 0 atom stereocenters. The average Bonchev–Trinajstić information content (AvgIpc) is 2.83. The van der Waals surface area contributed by atoms with Crippen LogP contribution < -0.4 is 14.8 Å². The lowest BCUT2D eigenvalue weighted by Crippen LogP contribution is -2.25. The zero-order valence-electron chi connectivity index (χ0n) is 19.5. The average molecular weight is 457 g/mol. The highest BCUT2D eigenvalue weighted by atomic mass is 19.2. The van der Waals surface area contributed by atoms with E-state index in [4.69, 9.17) is 9.47 Å². The lowest BCUT2D eigenvalue weighted by atomic mass is 10.2. The third kappa shape index (κ3) is 6.16. The zero-order chi connectivity index (χ0) is 23.8. The molecule has 0 spiro atoms. The number of aromatic nitrogens is 2. The zero-order valence-corrected chi connectivity index (χ0v) is 19.5. The second-order valence-electron chi connectivity index (χ2n) is 7.47. The van der Waals surface area contributed by atoms with Crippen LogP contribution in [-0.4, -0.2) is 55.3 Å². The van der Waals surface area contributed by atoms with E-state index in [1.54, 1.807) is 32.4 Å². The largest absolute Gasteiger partial charge is 0.493 e. The summed E-state index contributed by atoms with van der Waals surface area (Å²) in [6.07, 6.45) is 4.28. The van der Waals surface area contributed by atoms with Gasteiger partial charge in [0.1, 0.15) is 5.82 Å². The Morgan fingerprint density at radius 2 is 1.67 bits per heavy atom. The van der Waals surface area contributed by atoms with Crippen molar-refractivity contribution in [1.29, 1.82) is 0 Å². The summed E-state index contributed by atoms with van der Waals surface area (Å²) in [6.45, 7) is 8.07. The summed E-state index contributed by atoms with van der Waals surface area (Å²) < 4.78 is 37.6. The third-order valence-corrected chi connectivity index (χ3v) is 5.42. The number of fused-ring (bicyclic) bond motifs is 1. The number of anilines is 1. The van der Waals surface area contributed by atoms with Gasteiger partial charge in [0, 0.05) is 18.0 Å². The van der Waals surface area contributed by atoms with E-state index < -0.39 is 11.6 Å². The van der Waals surface area contributed by atoms with Gasteiger partial charge in [-0.2, -0.15) is 0 Å². The van der Waals surface area contributed by atoms with Crippen molar-refractivity contribution in [2.75, 3.05) is 45.7 Å². The van der Waals surface area contributed by atoms with Crippen LogP contribution in [0.25, 0.3) is 23.1 Å². The van der Waals surface area contributed by atoms with Gasteiger partial charge in [0.15, 0.2) is 29.0 Å². The van der Waals surface area contributed by atoms with E-state index in [1.807, 2.05) is 6.07 Å². The molecule has 0 amide bonds. The van der Waals surface area contributed by atoms with E-state index in [0.717, 1.165) is 50.1 Å². The number of nitrogens with one attached hydrogen (secondary N) is 1. The van der Waals surface area contributed by atoms with Gasteiger partial charge in [-0.15, -0.1) is 0 Å². The molecule has 0 unspecified atom stereocenters. The minimum absolute atomic E-state index is 0.436. The first kappa shape index (κ1) is 24.4. The third-order valence-electron chi connectivity index (χ3n) is 5.42. The quantitative estimate of drug-likeness (QED) is 0.398. The van der Waals surface area contributed by atoms with Crippen LogP contribution in [0.5, 0.6) is 11.5 Å². The number of nitrogens with zero attached hydrogens (tertiary/aromatic N) is 3. The number of rotatable bonds is 11. The molecule has 1 N–H and O–H groups in total. The van der Waals surface area contributed by atoms with Crippen molar-refractivity contribution in [3.63, 3.8) is 0 Å². The Morgan fingerprint density at radius 1 is 0.939 bits per heavy atom. The highest BCUT2D eigenvalue weighted by molar-refractivity contribution is 5.92. The molecule has 0 bridgehead atoms. The molecule has 0 saturated heterocycles. The summed E-state index contributed by atoms with van der Waals surface area (Å²) in [5, 5.41) is 4.22. The Hall–Kier alpha value is -3.26. The highest BCUT2D eigenvalue weighted by Crippen LogP contribution is 2.34.